The van der Waals surface area contributed by atoms with Crippen LogP contribution in [0.5, 0.6) is 11.5 Å². The number of anilines is 1. The van der Waals surface area contributed by atoms with Crippen molar-refractivity contribution < 1.29 is 24.2 Å². The first kappa shape index (κ1) is 23.7. The fraction of sp³-hybridized carbons (Fsp3) is 0.154. The molecular weight excluding hydrogens is 477 g/mol. The summed E-state index contributed by atoms with van der Waals surface area (Å²) in [6, 6.07) is 16.7. The highest BCUT2D eigenvalue weighted by Gasteiger charge is 2.47. The Bertz CT molecular complexity index is 1320. The van der Waals surface area contributed by atoms with Gasteiger partial charge < -0.3 is 14.6 Å². The first-order valence-corrected chi connectivity index (χ1v) is 11.1. The Labute approximate surface area is 206 Å². The highest BCUT2D eigenvalue weighted by Crippen LogP contribution is 2.48. The Balaban J connectivity index is 2.02. The Kier molecular flexibility index (Phi) is 6.55. The number of rotatable bonds is 5. The minimum Gasteiger partial charge on any atom is -0.507 e. The second kappa shape index (κ2) is 9.41. The number of amides is 1. The van der Waals surface area contributed by atoms with E-state index in [9.17, 15) is 14.7 Å². The zero-order valence-electron chi connectivity index (χ0n) is 18.6. The number of halogens is 2. The van der Waals surface area contributed by atoms with Gasteiger partial charge in [-0.05, 0) is 30.7 Å². The third-order valence-corrected chi connectivity index (χ3v) is 6.26. The van der Waals surface area contributed by atoms with E-state index in [-0.39, 0.29) is 32.7 Å². The summed E-state index contributed by atoms with van der Waals surface area (Å²) >= 11 is 12.7. The molecule has 1 saturated heterocycles. The van der Waals surface area contributed by atoms with Gasteiger partial charge in [-0.1, -0.05) is 71.2 Å². The molecule has 174 valence electrons. The number of aliphatic hydroxyl groups excluding tert-OH is 1. The van der Waals surface area contributed by atoms with Gasteiger partial charge in [-0.25, -0.2) is 0 Å². The van der Waals surface area contributed by atoms with Crippen molar-refractivity contribution in [3.63, 3.8) is 0 Å². The van der Waals surface area contributed by atoms with Gasteiger partial charge in [0.15, 0.2) is 11.5 Å². The zero-order valence-corrected chi connectivity index (χ0v) is 20.1. The molecule has 0 bridgehead atoms. The molecule has 1 unspecified atom stereocenters. The van der Waals surface area contributed by atoms with Gasteiger partial charge in [0.1, 0.15) is 10.8 Å². The van der Waals surface area contributed by atoms with Crippen molar-refractivity contribution in [2.45, 2.75) is 13.0 Å². The van der Waals surface area contributed by atoms with Crippen LogP contribution in [-0.2, 0) is 9.59 Å². The van der Waals surface area contributed by atoms with Crippen molar-refractivity contribution in [3.05, 3.63) is 93.0 Å². The Morgan fingerprint density at radius 1 is 0.941 bits per heavy atom. The van der Waals surface area contributed by atoms with Crippen LogP contribution in [0.15, 0.2) is 66.2 Å². The van der Waals surface area contributed by atoms with Gasteiger partial charge >= 0.3 is 0 Å². The van der Waals surface area contributed by atoms with Gasteiger partial charge in [0.2, 0.25) is 0 Å². The molecule has 6 nitrogen and oxygen atoms in total. The highest BCUT2D eigenvalue weighted by molar-refractivity contribution is 6.52. The van der Waals surface area contributed by atoms with Gasteiger partial charge in [-0.2, -0.15) is 0 Å². The second-order valence-electron chi connectivity index (χ2n) is 7.71. The smallest absolute Gasteiger partial charge is 0.300 e. The van der Waals surface area contributed by atoms with Crippen LogP contribution in [0.1, 0.15) is 22.7 Å². The summed E-state index contributed by atoms with van der Waals surface area (Å²) in [5, 5.41) is 11.6. The number of para-hydroxylation sites is 1. The largest absolute Gasteiger partial charge is 0.507 e. The van der Waals surface area contributed by atoms with E-state index in [1.165, 1.54) is 25.2 Å². The molecule has 0 saturated carbocycles. The molecular formula is C26H21Cl2NO5. The van der Waals surface area contributed by atoms with Gasteiger partial charge in [0, 0.05) is 5.69 Å². The fourth-order valence-electron chi connectivity index (χ4n) is 4.13. The van der Waals surface area contributed by atoms with E-state index in [1.54, 1.807) is 30.3 Å². The molecule has 3 aromatic rings. The lowest BCUT2D eigenvalue weighted by molar-refractivity contribution is -0.132. The molecule has 1 N–H and O–H groups in total. The van der Waals surface area contributed by atoms with Gasteiger partial charge in [0.05, 0.1) is 36.4 Å². The van der Waals surface area contributed by atoms with Crippen molar-refractivity contribution in [1.29, 1.82) is 0 Å². The van der Waals surface area contributed by atoms with E-state index in [0.717, 1.165) is 5.56 Å². The minimum absolute atomic E-state index is 0.0310. The summed E-state index contributed by atoms with van der Waals surface area (Å²) < 4.78 is 10.6. The van der Waals surface area contributed by atoms with Crippen LogP contribution >= 0.6 is 23.2 Å². The first-order valence-electron chi connectivity index (χ1n) is 10.3. The summed E-state index contributed by atoms with van der Waals surface area (Å²) in [6.07, 6.45) is 0. The lowest BCUT2D eigenvalue weighted by Crippen LogP contribution is -2.29. The number of aryl methyl sites for hydroxylation is 1. The number of carbonyl (C=O) groups excluding carboxylic acids is 2. The number of benzene rings is 3. The van der Waals surface area contributed by atoms with Crippen molar-refractivity contribution in [2.24, 2.45) is 0 Å². The number of nitrogens with zero attached hydrogens (tertiary/aromatic N) is 1. The average Bonchev–Trinajstić information content (AvgIpc) is 3.09. The maximum Gasteiger partial charge on any atom is 0.300 e. The summed E-state index contributed by atoms with van der Waals surface area (Å²) in [5.41, 5.74) is 2.09. The molecule has 1 fully saturated rings. The second-order valence-corrected chi connectivity index (χ2v) is 8.49. The molecule has 3 aromatic carbocycles. The van der Waals surface area contributed by atoms with Crippen molar-refractivity contribution >= 4 is 46.3 Å². The number of Topliss-reactive ketones (excluding diaryl/α,β-unsaturated/α-hetero) is 1. The minimum atomic E-state index is -0.883. The number of ketones is 1. The lowest BCUT2D eigenvalue weighted by Gasteiger charge is -2.26. The normalized spacial score (nSPS) is 17.2. The number of carbonyl (C=O) groups is 2. The van der Waals surface area contributed by atoms with E-state index in [4.69, 9.17) is 32.7 Å². The molecule has 0 radical (unpaired) electrons. The highest BCUT2D eigenvalue weighted by atomic mass is 35.5. The topological polar surface area (TPSA) is 76.1 Å². The molecule has 1 amide bonds. The number of aliphatic hydroxyl groups is 1. The molecule has 0 aromatic heterocycles. The molecule has 34 heavy (non-hydrogen) atoms. The number of hydrogen-bond acceptors (Lipinski definition) is 5. The number of ether oxygens (including phenoxy) is 2. The van der Waals surface area contributed by atoms with Gasteiger partial charge in [-0.3, -0.25) is 14.5 Å². The monoisotopic (exact) mass is 497 g/mol. The molecule has 0 spiro atoms. The molecule has 1 aliphatic heterocycles. The van der Waals surface area contributed by atoms with Crippen molar-refractivity contribution in [2.75, 3.05) is 19.1 Å². The maximum absolute atomic E-state index is 13.3. The summed E-state index contributed by atoms with van der Waals surface area (Å²) in [4.78, 5) is 27.9. The summed E-state index contributed by atoms with van der Waals surface area (Å²) in [7, 11) is 2.77. The summed E-state index contributed by atoms with van der Waals surface area (Å²) in [6.45, 7) is 1.91. The van der Waals surface area contributed by atoms with Crippen LogP contribution < -0.4 is 14.4 Å². The SMILES string of the molecule is COc1c(Cl)cc(/C(O)=C2\C(=O)C(=O)N(c3ccccc3)C2c2cccc(C)c2)c(OC)c1Cl. The lowest BCUT2D eigenvalue weighted by atomic mass is 9.94. The van der Waals surface area contributed by atoms with Gasteiger partial charge in [0.25, 0.3) is 11.7 Å². The van der Waals surface area contributed by atoms with Crippen molar-refractivity contribution in [1.82, 2.24) is 0 Å². The molecule has 8 heteroatoms. The van der Waals surface area contributed by atoms with E-state index < -0.39 is 23.5 Å². The van der Waals surface area contributed by atoms with Crippen LogP contribution in [0.25, 0.3) is 5.76 Å². The third kappa shape index (κ3) is 3.89. The number of hydrogen-bond donors (Lipinski definition) is 1. The predicted octanol–water partition coefficient (Wildman–Crippen LogP) is 5.95. The third-order valence-electron chi connectivity index (χ3n) is 5.63. The van der Waals surface area contributed by atoms with Gasteiger partial charge in [-0.15, -0.1) is 0 Å². The maximum atomic E-state index is 13.3. The van der Waals surface area contributed by atoms with Crippen LogP contribution in [0.4, 0.5) is 5.69 Å². The van der Waals surface area contributed by atoms with Crippen LogP contribution in [0.2, 0.25) is 10.0 Å². The first-order chi connectivity index (χ1) is 16.3. The molecule has 1 aliphatic rings. The Morgan fingerprint density at radius 2 is 1.62 bits per heavy atom. The molecule has 1 heterocycles. The predicted molar refractivity (Wildman–Crippen MR) is 132 cm³/mol. The van der Waals surface area contributed by atoms with Crippen LogP contribution in [0.3, 0.4) is 0 Å². The van der Waals surface area contributed by atoms with Crippen molar-refractivity contribution in [3.8, 4) is 11.5 Å². The van der Waals surface area contributed by atoms with E-state index in [0.29, 0.717) is 11.3 Å². The van der Waals surface area contributed by atoms with E-state index in [2.05, 4.69) is 0 Å². The molecule has 1 atom stereocenters. The fourth-order valence-corrected chi connectivity index (χ4v) is 4.82. The van der Waals surface area contributed by atoms with Crippen LogP contribution in [0, 0.1) is 6.92 Å². The number of methoxy groups -OCH3 is 2. The molecule has 0 aliphatic carbocycles. The molecule has 4 rings (SSSR count). The Morgan fingerprint density at radius 3 is 2.24 bits per heavy atom. The van der Waals surface area contributed by atoms with E-state index in [1.807, 2.05) is 31.2 Å². The van der Waals surface area contributed by atoms with E-state index >= 15 is 0 Å². The van der Waals surface area contributed by atoms with Crippen LogP contribution in [-0.4, -0.2) is 31.0 Å². The summed E-state index contributed by atoms with van der Waals surface area (Å²) in [5.74, 6) is -1.82. The standard InChI is InChI=1S/C26H21Cl2NO5/c1-14-8-7-9-15(12-14)21-19(23(31)26(32)29(21)16-10-5-4-6-11-16)22(30)17-13-18(27)25(34-3)20(28)24(17)33-2/h4-13,21,30H,1-3H3/b22-19+. The quantitative estimate of drug-likeness (QED) is 0.268. The zero-order chi connectivity index (χ0) is 24.6. The average molecular weight is 498 g/mol. The Hall–Kier alpha value is -3.48.